The predicted octanol–water partition coefficient (Wildman–Crippen LogP) is 2.36. The van der Waals surface area contributed by atoms with E-state index < -0.39 is 5.60 Å². The second-order valence-electron chi connectivity index (χ2n) is 6.69. The molecule has 1 aromatic rings. The summed E-state index contributed by atoms with van der Waals surface area (Å²) in [5.74, 6) is 1.90. The number of nitrogens with zero attached hydrogens (tertiary/aromatic N) is 2. The fraction of sp³-hybridized carbons (Fsp3) is 0.733. The molecule has 0 amide bonds. The lowest BCUT2D eigenvalue weighted by molar-refractivity contribution is -0.0145. The lowest BCUT2D eigenvalue weighted by Gasteiger charge is -2.40. The first kappa shape index (κ1) is 15.0. The molecule has 0 atom stereocenters. The van der Waals surface area contributed by atoms with Crippen LogP contribution in [0.5, 0.6) is 0 Å². The Hall–Kier alpha value is -1.36. The van der Waals surface area contributed by atoms with E-state index in [1.165, 1.54) is 0 Å². The number of nitrogens with two attached hydrogens (primary N) is 1. The summed E-state index contributed by atoms with van der Waals surface area (Å²) in [6.45, 7) is 7.04. The molecule has 1 saturated carbocycles. The van der Waals surface area contributed by atoms with Gasteiger partial charge in [-0.15, -0.1) is 0 Å². The number of aliphatic hydroxyl groups is 1. The maximum Gasteiger partial charge on any atom is 0.132 e. The van der Waals surface area contributed by atoms with Crippen LogP contribution in [0.25, 0.3) is 0 Å². The Balaban J connectivity index is 1.97. The third-order valence-electron chi connectivity index (χ3n) is 4.24. The highest BCUT2D eigenvalue weighted by atomic mass is 16.3. The summed E-state index contributed by atoms with van der Waals surface area (Å²) in [7, 11) is 0. The van der Waals surface area contributed by atoms with Crippen LogP contribution in [-0.2, 0) is 6.42 Å². The van der Waals surface area contributed by atoms with Crippen molar-refractivity contribution >= 4 is 11.6 Å². The van der Waals surface area contributed by atoms with E-state index in [2.05, 4.69) is 29.1 Å². The van der Waals surface area contributed by atoms with Gasteiger partial charge in [-0.05, 0) is 31.1 Å². The van der Waals surface area contributed by atoms with E-state index in [4.69, 9.17) is 5.73 Å². The third kappa shape index (κ3) is 3.82. The van der Waals surface area contributed by atoms with Gasteiger partial charge in [0.25, 0.3) is 0 Å². The Bertz CT molecular complexity index is 463. The van der Waals surface area contributed by atoms with E-state index in [-0.39, 0.29) is 0 Å². The summed E-state index contributed by atoms with van der Waals surface area (Å²) in [4.78, 5) is 8.53. The van der Waals surface area contributed by atoms with Crippen molar-refractivity contribution in [2.24, 2.45) is 5.41 Å². The minimum atomic E-state index is -0.637. The highest BCUT2D eigenvalue weighted by molar-refractivity contribution is 5.44. The van der Waals surface area contributed by atoms with Gasteiger partial charge in [-0.2, -0.15) is 0 Å². The Morgan fingerprint density at radius 1 is 1.25 bits per heavy atom. The Morgan fingerprint density at radius 3 is 2.50 bits per heavy atom. The second-order valence-corrected chi connectivity index (χ2v) is 6.69. The van der Waals surface area contributed by atoms with Crippen molar-refractivity contribution in [3.8, 4) is 0 Å². The summed E-state index contributed by atoms with van der Waals surface area (Å²) in [5.41, 5.74) is 5.47. The highest BCUT2D eigenvalue weighted by Crippen LogP contribution is 2.40. The van der Waals surface area contributed by atoms with Gasteiger partial charge in [-0.25, -0.2) is 9.97 Å². The Morgan fingerprint density at radius 2 is 1.90 bits per heavy atom. The normalized spacial score (nSPS) is 20.6. The number of hydrogen-bond acceptors (Lipinski definition) is 5. The van der Waals surface area contributed by atoms with Gasteiger partial charge >= 0.3 is 0 Å². The molecule has 5 nitrogen and oxygen atoms in total. The fourth-order valence-corrected chi connectivity index (χ4v) is 2.59. The zero-order chi connectivity index (χ0) is 14.8. The Kier molecular flexibility index (Phi) is 4.18. The van der Waals surface area contributed by atoms with Crippen molar-refractivity contribution in [3.05, 3.63) is 11.9 Å². The molecule has 1 aromatic heterocycles. The van der Waals surface area contributed by atoms with Crippen LogP contribution in [0.2, 0.25) is 0 Å². The zero-order valence-corrected chi connectivity index (χ0v) is 12.7. The minimum absolute atomic E-state index is 0.348. The van der Waals surface area contributed by atoms with E-state index >= 15 is 0 Å². The molecule has 4 N–H and O–H groups in total. The summed E-state index contributed by atoms with van der Waals surface area (Å²) < 4.78 is 0. The van der Waals surface area contributed by atoms with E-state index in [1.807, 2.05) is 6.92 Å². The maximum absolute atomic E-state index is 10.6. The molecule has 0 radical (unpaired) electrons. The average Bonchev–Trinajstić information content (AvgIpc) is 2.40. The number of nitrogens with one attached hydrogen (secondary N) is 1. The van der Waals surface area contributed by atoms with Gasteiger partial charge in [0.05, 0.1) is 5.60 Å². The third-order valence-corrected chi connectivity index (χ3v) is 4.24. The molecule has 112 valence electrons. The second kappa shape index (κ2) is 5.56. The van der Waals surface area contributed by atoms with Crippen LogP contribution in [0.4, 0.5) is 11.6 Å². The van der Waals surface area contributed by atoms with Gasteiger partial charge in [0.2, 0.25) is 0 Å². The van der Waals surface area contributed by atoms with Crippen LogP contribution in [0.15, 0.2) is 6.07 Å². The molecule has 0 aliphatic heterocycles. The zero-order valence-electron chi connectivity index (χ0n) is 12.7. The standard InChI is InChI=1S/C15H26N4O/c1-4-12-18-11(16)9-13(19-12)17-10-15(20)7-5-14(2,3)6-8-15/h9,20H,4-8,10H2,1-3H3,(H3,16,17,18,19). The van der Waals surface area contributed by atoms with E-state index in [0.29, 0.717) is 23.6 Å². The smallest absolute Gasteiger partial charge is 0.132 e. The van der Waals surface area contributed by atoms with E-state index in [0.717, 1.165) is 37.9 Å². The molecule has 20 heavy (non-hydrogen) atoms. The maximum atomic E-state index is 10.6. The fourth-order valence-electron chi connectivity index (χ4n) is 2.59. The highest BCUT2D eigenvalue weighted by Gasteiger charge is 2.36. The number of anilines is 2. The van der Waals surface area contributed by atoms with Gasteiger partial charge in [0, 0.05) is 19.0 Å². The minimum Gasteiger partial charge on any atom is -0.388 e. The number of aryl methyl sites for hydroxylation is 1. The molecule has 1 fully saturated rings. The first-order chi connectivity index (χ1) is 9.32. The summed E-state index contributed by atoms with van der Waals surface area (Å²) in [6.07, 6.45) is 4.51. The molecule has 1 aliphatic rings. The molecule has 0 unspecified atom stereocenters. The monoisotopic (exact) mass is 278 g/mol. The van der Waals surface area contributed by atoms with E-state index in [1.54, 1.807) is 6.07 Å². The first-order valence-electron chi connectivity index (χ1n) is 7.42. The Labute approximate surface area is 121 Å². The molecule has 1 aliphatic carbocycles. The topological polar surface area (TPSA) is 84.1 Å². The molecule has 1 heterocycles. The molecule has 0 bridgehead atoms. The summed E-state index contributed by atoms with van der Waals surface area (Å²) in [6, 6.07) is 1.72. The lowest BCUT2D eigenvalue weighted by atomic mass is 9.71. The molecule has 5 heteroatoms. The van der Waals surface area contributed by atoms with Crippen molar-refractivity contribution in [1.29, 1.82) is 0 Å². The van der Waals surface area contributed by atoms with E-state index in [9.17, 15) is 5.11 Å². The van der Waals surface area contributed by atoms with Crippen molar-refractivity contribution in [2.45, 2.75) is 58.5 Å². The quantitative estimate of drug-likeness (QED) is 0.787. The molecule has 0 aromatic carbocycles. The molecular formula is C15H26N4O. The van der Waals surface area contributed by atoms with Gasteiger partial charge in [0.15, 0.2) is 0 Å². The number of aromatic nitrogens is 2. The lowest BCUT2D eigenvalue weighted by Crippen LogP contribution is -2.42. The molecule has 0 saturated heterocycles. The van der Waals surface area contributed by atoms with Crippen LogP contribution in [0.1, 0.15) is 52.3 Å². The van der Waals surface area contributed by atoms with Gasteiger partial charge in [0.1, 0.15) is 17.5 Å². The van der Waals surface area contributed by atoms with Crippen LogP contribution in [0, 0.1) is 5.41 Å². The summed E-state index contributed by atoms with van der Waals surface area (Å²) >= 11 is 0. The largest absolute Gasteiger partial charge is 0.388 e. The number of nitrogen functional groups attached to an aromatic ring is 1. The van der Waals surface area contributed by atoms with Crippen LogP contribution < -0.4 is 11.1 Å². The first-order valence-corrected chi connectivity index (χ1v) is 7.42. The van der Waals surface area contributed by atoms with Crippen molar-refractivity contribution in [3.63, 3.8) is 0 Å². The predicted molar refractivity (Wildman–Crippen MR) is 81.5 cm³/mol. The molecule has 0 spiro atoms. The average molecular weight is 278 g/mol. The van der Waals surface area contributed by atoms with Gasteiger partial charge in [-0.3, -0.25) is 0 Å². The van der Waals surface area contributed by atoms with Crippen molar-refractivity contribution in [1.82, 2.24) is 9.97 Å². The van der Waals surface area contributed by atoms with Crippen LogP contribution in [-0.4, -0.2) is 27.2 Å². The number of hydrogen-bond donors (Lipinski definition) is 3. The summed E-state index contributed by atoms with van der Waals surface area (Å²) in [5, 5.41) is 13.8. The van der Waals surface area contributed by atoms with Gasteiger partial charge < -0.3 is 16.2 Å². The van der Waals surface area contributed by atoms with Crippen molar-refractivity contribution < 1.29 is 5.11 Å². The SMILES string of the molecule is CCc1nc(N)cc(NCC2(O)CCC(C)(C)CC2)n1. The molecule has 2 rings (SSSR count). The van der Waals surface area contributed by atoms with Crippen LogP contribution in [0.3, 0.4) is 0 Å². The molecular weight excluding hydrogens is 252 g/mol. The number of rotatable bonds is 4. The van der Waals surface area contributed by atoms with Gasteiger partial charge in [-0.1, -0.05) is 20.8 Å². The van der Waals surface area contributed by atoms with Crippen LogP contribution >= 0.6 is 0 Å². The van der Waals surface area contributed by atoms with Crippen molar-refractivity contribution in [2.75, 3.05) is 17.6 Å².